The molecule has 0 spiro atoms. The van der Waals surface area contributed by atoms with Gasteiger partial charge in [0, 0.05) is 6.54 Å². The highest BCUT2D eigenvalue weighted by atomic mass is 15.2. The van der Waals surface area contributed by atoms with Crippen LogP contribution in [0.15, 0.2) is 30.3 Å². The molecule has 5 nitrogen and oxygen atoms in total. The molecule has 80 valence electrons. The predicted octanol–water partition coefficient (Wildman–Crippen LogP) is 0.237. The number of hydrogen-bond donors (Lipinski definition) is 5. The van der Waals surface area contributed by atoms with Crippen LogP contribution >= 0.6 is 0 Å². The monoisotopic (exact) mass is 208 g/mol. The van der Waals surface area contributed by atoms with Crippen molar-refractivity contribution in [3.05, 3.63) is 35.8 Å². The molecule has 0 atom stereocenters. The zero-order valence-electron chi connectivity index (χ0n) is 11.1. The first-order valence-corrected chi connectivity index (χ1v) is 4.40. The third-order valence-electron chi connectivity index (χ3n) is 1.63. The van der Waals surface area contributed by atoms with E-state index in [1.54, 1.807) is 0 Å². The minimum Gasteiger partial charge on any atom is -0.370 e. The Hall–Kier alpha value is -2.04. The average Bonchev–Trinajstić information content (AvgIpc) is 2.24. The minimum absolute atomic E-state index is 0.0226. The Balaban J connectivity index is 2.49. The summed E-state index contributed by atoms with van der Waals surface area (Å²) in [5.74, 6) is -0.384. The Bertz CT molecular complexity index is 452. The quantitative estimate of drug-likeness (QED) is 0.363. The summed E-state index contributed by atoms with van der Waals surface area (Å²) >= 11 is 0. The molecule has 0 unspecified atom stereocenters. The lowest BCUT2D eigenvalue weighted by Gasteiger charge is -2.08. The van der Waals surface area contributed by atoms with E-state index in [9.17, 15) is 0 Å². The van der Waals surface area contributed by atoms with Gasteiger partial charge in [-0.2, -0.15) is 0 Å². The van der Waals surface area contributed by atoms with Crippen molar-refractivity contribution in [2.75, 3.05) is 6.54 Å². The highest BCUT2D eigenvalue weighted by molar-refractivity contribution is 5.94. The SMILES string of the molecule is [2H]c1cc(CCNC(=N)NC(=N)N)cc([2H])c1[2H]. The van der Waals surface area contributed by atoms with Crippen LogP contribution in [0.2, 0.25) is 0 Å². The van der Waals surface area contributed by atoms with Gasteiger partial charge in [-0.3, -0.25) is 16.1 Å². The number of nitrogens with one attached hydrogen (secondary N) is 4. The number of benzene rings is 1. The topological polar surface area (TPSA) is 97.8 Å². The summed E-state index contributed by atoms with van der Waals surface area (Å²) in [5.41, 5.74) is 5.81. The molecule has 0 heterocycles. The summed E-state index contributed by atoms with van der Waals surface area (Å²) in [7, 11) is 0. The first-order valence-electron chi connectivity index (χ1n) is 5.90. The van der Waals surface area contributed by atoms with Crippen LogP contribution in [0, 0.1) is 10.8 Å². The van der Waals surface area contributed by atoms with Gasteiger partial charge in [-0.25, -0.2) is 0 Å². The summed E-state index contributed by atoms with van der Waals surface area (Å²) in [6, 6.07) is 3.02. The summed E-state index contributed by atoms with van der Waals surface area (Å²) in [5, 5.41) is 19.3. The van der Waals surface area contributed by atoms with Crippen molar-refractivity contribution >= 4 is 11.9 Å². The molecule has 0 aliphatic rings. The van der Waals surface area contributed by atoms with Gasteiger partial charge in [0.2, 0.25) is 0 Å². The standard InChI is InChI=1S/C10H15N5/c11-9(12)15-10(13)14-7-6-8-4-2-1-3-5-8/h1-5H,6-7H2,(H6,11,12,13,14,15)/i1D,2D,3D. The smallest absolute Gasteiger partial charge is 0.195 e. The molecule has 15 heavy (non-hydrogen) atoms. The molecule has 0 aromatic heterocycles. The fourth-order valence-corrected chi connectivity index (χ4v) is 0.996. The van der Waals surface area contributed by atoms with E-state index in [2.05, 4.69) is 10.6 Å². The molecular weight excluding hydrogens is 190 g/mol. The Labute approximate surface area is 92.9 Å². The molecule has 0 saturated heterocycles. The van der Waals surface area contributed by atoms with Gasteiger partial charge >= 0.3 is 0 Å². The fourth-order valence-electron chi connectivity index (χ4n) is 0.996. The third kappa shape index (κ3) is 4.66. The molecule has 0 aliphatic heterocycles. The van der Waals surface area contributed by atoms with Gasteiger partial charge in [-0.05, 0) is 12.0 Å². The highest BCUT2D eigenvalue weighted by Gasteiger charge is 1.96. The van der Waals surface area contributed by atoms with Crippen LogP contribution in [0.5, 0.6) is 0 Å². The molecule has 0 fully saturated rings. The Morgan fingerprint density at radius 1 is 1.33 bits per heavy atom. The van der Waals surface area contributed by atoms with Crippen LogP contribution in [-0.2, 0) is 6.42 Å². The number of hydrogen-bond acceptors (Lipinski definition) is 2. The van der Waals surface area contributed by atoms with Crippen LogP contribution in [0.3, 0.4) is 0 Å². The molecule has 0 bridgehead atoms. The second-order valence-electron chi connectivity index (χ2n) is 2.87. The molecule has 0 aliphatic carbocycles. The molecule has 5 heteroatoms. The van der Waals surface area contributed by atoms with Crippen LogP contribution in [-0.4, -0.2) is 18.5 Å². The van der Waals surface area contributed by atoms with Gasteiger partial charge < -0.3 is 11.1 Å². The molecule has 0 radical (unpaired) electrons. The number of guanidine groups is 2. The maximum Gasteiger partial charge on any atom is 0.195 e. The lowest BCUT2D eigenvalue weighted by Crippen LogP contribution is -2.43. The second kappa shape index (κ2) is 5.64. The van der Waals surface area contributed by atoms with Gasteiger partial charge in [0.1, 0.15) is 0 Å². The molecule has 1 aromatic carbocycles. The molecule has 0 saturated carbocycles. The fraction of sp³-hybridized carbons (Fsp3) is 0.200. The van der Waals surface area contributed by atoms with E-state index in [0.717, 1.165) is 5.56 Å². The molecule has 1 aromatic rings. The molecule has 1 rings (SSSR count). The normalized spacial score (nSPS) is 12.1. The third-order valence-corrected chi connectivity index (χ3v) is 1.63. The van der Waals surface area contributed by atoms with E-state index in [4.69, 9.17) is 20.7 Å². The van der Waals surface area contributed by atoms with E-state index in [1.165, 1.54) is 12.1 Å². The van der Waals surface area contributed by atoms with Crippen LogP contribution < -0.4 is 16.4 Å². The van der Waals surface area contributed by atoms with Gasteiger partial charge in [0.15, 0.2) is 11.9 Å². The van der Waals surface area contributed by atoms with Crippen LogP contribution in [0.25, 0.3) is 0 Å². The maximum absolute atomic E-state index is 7.49. The summed E-state index contributed by atoms with van der Waals surface area (Å²) in [6.07, 6.45) is 0.514. The molecular formula is C10H15N5. The highest BCUT2D eigenvalue weighted by Crippen LogP contribution is 1.97. The van der Waals surface area contributed by atoms with Crippen molar-refractivity contribution in [1.29, 1.82) is 10.8 Å². The van der Waals surface area contributed by atoms with Crippen molar-refractivity contribution in [3.8, 4) is 0 Å². The first kappa shape index (κ1) is 7.28. The predicted molar refractivity (Wildman–Crippen MR) is 60.9 cm³/mol. The Morgan fingerprint density at radius 3 is 2.60 bits per heavy atom. The van der Waals surface area contributed by atoms with Crippen LogP contribution in [0.1, 0.15) is 9.68 Å². The Morgan fingerprint density at radius 2 is 2.00 bits per heavy atom. The van der Waals surface area contributed by atoms with Gasteiger partial charge in [-0.15, -0.1) is 0 Å². The number of rotatable bonds is 3. The van der Waals surface area contributed by atoms with Crippen LogP contribution in [0.4, 0.5) is 0 Å². The first-order chi connectivity index (χ1) is 8.40. The lowest BCUT2D eigenvalue weighted by molar-refractivity contribution is 0.841. The zero-order valence-corrected chi connectivity index (χ0v) is 8.15. The van der Waals surface area contributed by atoms with Crippen molar-refractivity contribution in [1.82, 2.24) is 10.6 Å². The second-order valence-corrected chi connectivity index (χ2v) is 2.87. The van der Waals surface area contributed by atoms with Crippen molar-refractivity contribution < 1.29 is 4.11 Å². The number of nitrogens with two attached hydrogens (primary N) is 1. The molecule has 0 amide bonds. The summed E-state index contributed by atoms with van der Waals surface area (Å²) in [6.45, 7) is 0.412. The van der Waals surface area contributed by atoms with E-state index >= 15 is 0 Å². The molecule has 6 N–H and O–H groups in total. The van der Waals surface area contributed by atoms with E-state index < -0.39 is 0 Å². The van der Waals surface area contributed by atoms with Gasteiger partial charge in [0.25, 0.3) is 0 Å². The van der Waals surface area contributed by atoms with E-state index in [-0.39, 0.29) is 30.0 Å². The van der Waals surface area contributed by atoms with Gasteiger partial charge in [-0.1, -0.05) is 30.3 Å². The average molecular weight is 208 g/mol. The zero-order chi connectivity index (χ0) is 13.7. The van der Waals surface area contributed by atoms with E-state index in [1.807, 2.05) is 0 Å². The van der Waals surface area contributed by atoms with E-state index in [0.29, 0.717) is 13.0 Å². The largest absolute Gasteiger partial charge is 0.370 e. The van der Waals surface area contributed by atoms with Crippen molar-refractivity contribution in [3.63, 3.8) is 0 Å². The van der Waals surface area contributed by atoms with Crippen molar-refractivity contribution in [2.24, 2.45) is 5.73 Å². The summed E-state index contributed by atoms with van der Waals surface area (Å²) in [4.78, 5) is 0. The minimum atomic E-state index is -0.312. The van der Waals surface area contributed by atoms with Gasteiger partial charge in [0.05, 0.1) is 4.11 Å². The lowest BCUT2D eigenvalue weighted by atomic mass is 10.1. The summed E-state index contributed by atoms with van der Waals surface area (Å²) < 4.78 is 22.4. The Kier molecular flexibility index (Phi) is 2.74. The van der Waals surface area contributed by atoms with Crippen molar-refractivity contribution in [2.45, 2.75) is 6.42 Å². The maximum atomic E-state index is 7.49.